The highest BCUT2D eigenvalue weighted by atomic mass is 79.9. The Balaban J connectivity index is 1.62. The molecular formula is C29H28BrN7O6. The number of benzene rings is 2. The fourth-order valence-electron chi connectivity index (χ4n) is 3.87. The molecule has 2 aromatic heterocycles. The number of pyridine rings is 2. The Labute approximate surface area is 254 Å². The van der Waals surface area contributed by atoms with Crippen LogP contribution in [0.2, 0.25) is 0 Å². The first kappa shape index (κ1) is 31.3. The van der Waals surface area contributed by atoms with Gasteiger partial charge in [-0.25, -0.2) is 19.7 Å². The van der Waals surface area contributed by atoms with Gasteiger partial charge in [0.1, 0.15) is 35.0 Å². The normalized spacial score (nSPS) is 11.5. The Hall–Kier alpha value is -4.63. The molecule has 4 rings (SSSR count). The smallest absolute Gasteiger partial charge is 0.339 e. The number of carboxylic acids is 1. The van der Waals surface area contributed by atoms with Crippen molar-refractivity contribution >= 4 is 44.6 Å². The Bertz CT molecular complexity index is 1660. The molecule has 0 saturated carbocycles. The number of nitrogens with one attached hydrogen (secondary N) is 1. The lowest BCUT2D eigenvalue weighted by Gasteiger charge is -2.10. The van der Waals surface area contributed by atoms with Crippen LogP contribution in [0.4, 0.5) is 22.7 Å². The maximum absolute atomic E-state index is 11.3. The first-order valence-electron chi connectivity index (χ1n) is 13.1. The van der Waals surface area contributed by atoms with Gasteiger partial charge in [0.2, 0.25) is 0 Å². The number of aromatic hydroxyl groups is 2. The van der Waals surface area contributed by atoms with E-state index in [2.05, 4.69) is 53.5 Å². The number of rotatable bonds is 13. The van der Waals surface area contributed by atoms with Gasteiger partial charge in [0.25, 0.3) is 0 Å². The second-order valence-corrected chi connectivity index (χ2v) is 9.69. The van der Waals surface area contributed by atoms with Crippen LogP contribution in [0.15, 0.2) is 81.1 Å². The van der Waals surface area contributed by atoms with E-state index in [0.29, 0.717) is 57.3 Å². The molecule has 0 amide bonds. The fourth-order valence-corrected chi connectivity index (χ4v) is 4.28. The van der Waals surface area contributed by atoms with Crippen LogP contribution >= 0.6 is 15.9 Å². The van der Waals surface area contributed by atoms with Gasteiger partial charge >= 0.3 is 5.97 Å². The summed E-state index contributed by atoms with van der Waals surface area (Å²) in [6.45, 7) is 3.05. The lowest BCUT2D eigenvalue weighted by atomic mass is 10.2. The van der Waals surface area contributed by atoms with Gasteiger partial charge in [0, 0.05) is 17.4 Å². The van der Waals surface area contributed by atoms with E-state index in [1.807, 2.05) is 0 Å². The predicted molar refractivity (Wildman–Crippen MR) is 161 cm³/mol. The molecule has 0 fully saturated rings. The van der Waals surface area contributed by atoms with E-state index in [0.717, 1.165) is 13.0 Å². The molecule has 0 saturated heterocycles. The topological polar surface area (TPSA) is 194 Å². The van der Waals surface area contributed by atoms with Crippen LogP contribution in [0.3, 0.4) is 0 Å². The van der Waals surface area contributed by atoms with E-state index in [1.165, 1.54) is 24.3 Å². The average molecular weight is 650 g/mol. The third-order valence-electron chi connectivity index (χ3n) is 6.05. The number of phenolic OH excluding ortho intramolecular Hbond substituents is 1. The van der Waals surface area contributed by atoms with Gasteiger partial charge in [-0.2, -0.15) is 10.2 Å². The highest BCUT2D eigenvalue weighted by molar-refractivity contribution is 9.08. The number of hydrogen-bond acceptors (Lipinski definition) is 12. The van der Waals surface area contributed by atoms with Gasteiger partial charge in [0.05, 0.1) is 34.2 Å². The summed E-state index contributed by atoms with van der Waals surface area (Å²) < 4.78 is 0. The minimum absolute atomic E-state index is 0.0305. The lowest BCUT2D eigenvalue weighted by Crippen LogP contribution is -2.15. The molecule has 5 N–H and O–H groups in total. The van der Waals surface area contributed by atoms with Crippen LogP contribution in [0.5, 0.6) is 11.5 Å². The Morgan fingerprint density at radius 3 is 2.07 bits per heavy atom. The van der Waals surface area contributed by atoms with E-state index >= 15 is 0 Å². The largest absolute Gasteiger partial charge is 0.508 e. The molecule has 0 aliphatic rings. The Morgan fingerprint density at radius 1 is 0.860 bits per heavy atom. The number of hydrogen-bond donors (Lipinski definition) is 5. The molecule has 0 unspecified atom stereocenters. The number of aromatic carboxylic acids is 1. The van der Waals surface area contributed by atoms with Crippen LogP contribution in [-0.2, 0) is 23.4 Å². The van der Waals surface area contributed by atoms with Crippen LogP contribution in [0.25, 0.3) is 11.4 Å². The Morgan fingerprint density at radius 2 is 1.47 bits per heavy atom. The number of carbonyl (C=O) groups is 1. The highest BCUT2D eigenvalue weighted by Gasteiger charge is 2.13. The number of carboxylic acid groups (broad SMARTS) is 1. The fraction of sp³-hybridized carbons (Fsp3) is 0.207. The number of phenols is 2. The maximum atomic E-state index is 11.3. The number of aromatic nitrogens is 2. The number of halogens is 1. The molecule has 0 spiro atoms. The summed E-state index contributed by atoms with van der Waals surface area (Å²) in [5.74, 6) is -1.65. The summed E-state index contributed by atoms with van der Waals surface area (Å²) in [6, 6.07) is 15.6. The molecule has 43 heavy (non-hydrogen) atoms. The van der Waals surface area contributed by atoms with Crippen LogP contribution in [0.1, 0.15) is 40.7 Å². The van der Waals surface area contributed by atoms with E-state index in [1.54, 1.807) is 36.4 Å². The number of nitrogens with zero attached hydrogens (tertiary/aromatic N) is 6. The first-order chi connectivity index (χ1) is 20.8. The molecule has 2 heterocycles. The molecule has 0 radical (unpaired) electrons. The molecule has 0 bridgehead atoms. The monoisotopic (exact) mass is 649 g/mol. The van der Waals surface area contributed by atoms with Gasteiger partial charge in [-0.1, -0.05) is 22.9 Å². The average Bonchev–Trinajstić information content (AvgIpc) is 3.01. The van der Waals surface area contributed by atoms with E-state index in [9.17, 15) is 20.1 Å². The Kier molecular flexibility index (Phi) is 10.9. The summed E-state index contributed by atoms with van der Waals surface area (Å²) in [7, 11) is 0. The maximum Gasteiger partial charge on any atom is 0.339 e. The standard InChI is InChI=1S/C29H28BrN7O6/c1-2-11-31-15-26-24(37-35-19-4-10-28(39)20(13-19)29(40)41)8-6-22(33-26)21-5-7-23(25(14-30)32-21)36-34-18-3-9-27(38)17(12-18)16-43-42/h3-10,12-13,31,38-39,42H,2,11,14-16H2,1H3,(H,40,41). The summed E-state index contributed by atoms with van der Waals surface area (Å²) in [5, 5.41) is 58.3. The van der Waals surface area contributed by atoms with Crippen molar-refractivity contribution < 1.29 is 30.3 Å². The molecule has 14 heteroatoms. The molecule has 0 aliphatic carbocycles. The zero-order valence-corrected chi connectivity index (χ0v) is 24.6. The molecule has 222 valence electrons. The summed E-state index contributed by atoms with van der Waals surface area (Å²) in [4.78, 5) is 25.0. The van der Waals surface area contributed by atoms with E-state index in [-0.39, 0.29) is 29.4 Å². The zero-order valence-electron chi connectivity index (χ0n) is 23.0. The van der Waals surface area contributed by atoms with Crippen LogP contribution in [0, 0.1) is 0 Å². The quantitative estimate of drug-likeness (QED) is 0.0321. The first-order valence-corrected chi connectivity index (χ1v) is 14.2. The number of azo groups is 2. The SMILES string of the molecule is CCCNCc1nc(-c2ccc(N=Nc3ccc(O)c(COO)c3)c(CBr)n2)ccc1N=Nc1ccc(O)c(C(=O)O)c1. The molecule has 4 aromatic rings. The molecule has 0 aliphatic heterocycles. The number of alkyl halides is 1. The van der Waals surface area contributed by atoms with Crippen molar-refractivity contribution in [2.24, 2.45) is 20.5 Å². The van der Waals surface area contributed by atoms with Gasteiger partial charge in [-0.15, -0.1) is 10.2 Å². The molecule has 2 aromatic carbocycles. The van der Waals surface area contributed by atoms with Crippen molar-refractivity contribution in [1.82, 2.24) is 15.3 Å². The molecule has 13 nitrogen and oxygen atoms in total. The lowest BCUT2D eigenvalue weighted by molar-refractivity contribution is -0.253. The van der Waals surface area contributed by atoms with Crippen LogP contribution < -0.4 is 5.32 Å². The van der Waals surface area contributed by atoms with Crippen molar-refractivity contribution in [3.8, 4) is 22.9 Å². The van der Waals surface area contributed by atoms with Gasteiger partial charge in [-0.05, 0) is 73.6 Å². The second-order valence-electron chi connectivity index (χ2n) is 9.13. The third-order valence-corrected chi connectivity index (χ3v) is 6.58. The van der Waals surface area contributed by atoms with Crippen LogP contribution in [-0.4, -0.2) is 43.1 Å². The van der Waals surface area contributed by atoms with Gasteiger partial charge in [0.15, 0.2) is 0 Å². The van der Waals surface area contributed by atoms with Crippen molar-refractivity contribution in [2.75, 3.05) is 6.54 Å². The minimum Gasteiger partial charge on any atom is -0.508 e. The van der Waals surface area contributed by atoms with Crippen molar-refractivity contribution in [1.29, 1.82) is 0 Å². The zero-order chi connectivity index (χ0) is 30.8. The van der Waals surface area contributed by atoms with Crippen molar-refractivity contribution in [3.05, 3.63) is 83.2 Å². The highest BCUT2D eigenvalue weighted by Crippen LogP contribution is 2.31. The second kappa shape index (κ2) is 15.0. The summed E-state index contributed by atoms with van der Waals surface area (Å²) >= 11 is 3.46. The molecule has 0 atom stereocenters. The van der Waals surface area contributed by atoms with Gasteiger partial charge < -0.3 is 20.6 Å². The van der Waals surface area contributed by atoms with E-state index in [4.69, 9.17) is 15.2 Å². The van der Waals surface area contributed by atoms with Crippen molar-refractivity contribution in [3.63, 3.8) is 0 Å². The van der Waals surface area contributed by atoms with E-state index < -0.39 is 5.97 Å². The molecular weight excluding hydrogens is 622 g/mol. The minimum atomic E-state index is -1.27. The van der Waals surface area contributed by atoms with Gasteiger partial charge in [-0.3, -0.25) is 5.26 Å². The summed E-state index contributed by atoms with van der Waals surface area (Å²) in [6.07, 6.45) is 0.925. The van der Waals surface area contributed by atoms with Crippen molar-refractivity contribution in [2.45, 2.75) is 31.8 Å². The third kappa shape index (κ3) is 8.23. The summed E-state index contributed by atoms with van der Waals surface area (Å²) in [5.41, 5.74) is 4.27. The predicted octanol–water partition coefficient (Wildman–Crippen LogP) is 7.47.